The molecule has 0 saturated carbocycles. The Balaban J connectivity index is 1.20. The molecule has 1 saturated heterocycles. The van der Waals surface area contributed by atoms with Crippen molar-refractivity contribution >= 4 is 23.7 Å². The van der Waals surface area contributed by atoms with E-state index >= 15 is 0 Å². The maximum absolute atomic E-state index is 13.9. The fraction of sp³-hybridized carbons (Fsp3) is 0.378. The standard InChI is InChI=1S/C45H48O10S/c1-45(2,3)44(47)52-29-35-37(50-26-32-20-12-6-13-21-32)39-40(42(46)53-35)56-41-38(51-27-33-22-14-7-15-23-33)36(49-25-31-18-10-5-11-19-31)34(54-43(41)55-39)28-48-24-30-16-8-4-9-17-30/h4-23,34-38,41,43H,24-29H2,1-3H3/t34-,35+,36-,37-,38+,41+,43+/m0/s1. The first kappa shape index (κ1) is 39.7. The van der Waals surface area contributed by atoms with Gasteiger partial charge in [-0.1, -0.05) is 121 Å². The van der Waals surface area contributed by atoms with Crippen molar-refractivity contribution in [3.8, 4) is 0 Å². The highest BCUT2D eigenvalue weighted by molar-refractivity contribution is 8.04. The average Bonchev–Trinajstić information content (AvgIpc) is 3.21. The van der Waals surface area contributed by atoms with Crippen molar-refractivity contribution in [2.45, 2.75) is 89.3 Å². The van der Waals surface area contributed by atoms with Gasteiger partial charge in [0.05, 0.1) is 38.4 Å². The van der Waals surface area contributed by atoms with Crippen LogP contribution in [0.4, 0.5) is 0 Å². The van der Waals surface area contributed by atoms with Gasteiger partial charge in [-0.05, 0) is 43.0 Å². The van der Waals surface area contributed by atoms with Crippen molar-refractivity contribution in [2.75, 3.05) is 13.2 Å². The number of fused-ring (bicyclic) bond motifs is 1. The molecule has 0 amide bonds. The molecule has 56 heavy (non-hydrogen) atoms. The number of thioether (sulfide) groups is 1. The van der Waals surface area contributed by atoms with Crippen molar-refractivity contribution in [1.82, 2.24) is 0 Å². The summed E-state index contributed by atoms with van der Waals surface area (Å²) in [6, 6.07) is 39.4. The van der Waals surface area contributed by atoms with Gasteiger partial charge in [-0.3, -0.25) is 4.79 Å². The summed E-state index contributed by atoms with van der Waals surface area (Å²) in [6.07, 6.45) is -4.57. The minimum absolute atomic E-state index is 0.185. The van der Waals surface area contributed by atoms with Crippen molar-refractivity contribution in [2.24, 2.45) is 5.41 Å². The first-order valence-corrected chi connectivity index (χ1v) is 19.8. The van der Waals surface area contributed by atoms with Crippen molar-refractivity contribution < 1.29 is 47.5 Å². The minimum atomic E-state index is -0.964. The Morgan fingerprint density at radius 2 is 1.12 bits per heavy atom. The normalized spacial score (nSPS) is 24.7. The lowest BCUT2D eigenvalue weighted by Crippen LogP contribution is -2.62. The quantitative estimate of drug-likeness (QED) is 0.112. The van der Waals surface area contributed by atoms with Crippen LogP contribution in [0.1, 0.15) is 43.0 Å². The summed E-state index contributed by atoms with van der Waals surface area (Å²) in [7, 11) is 0. The molecule has 0 aromatic heterocycles. The van der Waals surface area contributed by atoms with Crippen LogP contribution < -0.4 is 0 Å². The molecule has 7 atom stereocenters. The largest absolute Gasteiger partial charge is 0.464 e. The number of carbonyl (C=O) groups excluding carboxylic acids is 2. The number of cyclic esters (lactones) is 1. The second-order valence-corrected chi connectivity index (χ2v) is 16.2. The molecule has 0 N–H and O–H groups in total. The van der Waals surface area contributed by atoms with Crippen molar-refractivity contribution in [3.63, 3.8) is 0 Å². The first-order chi connectivity index (χ1) is 27.2. The number of esters is 2. The van der Waals surface area contributed by atoms with E-state index in [-0.39, 0.29) is 30.5 Å². The third kappa shape index (κ3) is 10.1. The van der Waals surface area contributed by atoms with E-state index in [9.17, 15) is 9.59 Å². The topological polar surface area (TPSA) is 108 Å². The predicted molar refractivity (Wildman–Crippen MR) is 210 cm³/mol. The SMILES string of the molecule is CC(C)(C)C(=O)OC[C@H]1OC(=O)C2=C(O[C@H]3O[C@@H](COCc4ccccc4)[C@H](OCc4ccccc4)[C@@H](OCc4ccccc4)[C@H]3S2)[C@H]1OCc1ccccc1. The van der Waals surface area contributed by atoms with Crippen LogP contribution >= 0.6 is 11.8 Å². The number of carbonyl (C=O) groups is 2. The van der Waals surface area contributed by atoms with Gasteiger partial charge >= 0.3 is 11.9 Å². The molecule has 3 heterocycles. The Hall–Kier alpha value is -4.49. The van der Waals surface area contributed by atoms with E-state index in [1.54, 1.807) is 20.8 Å². The summed E-state index contributed by atoms with van der Waals surface area (Å²) < 4.78 is 51.4. The highest BCUT2D eigenvalue weighted by atomic mass is 32.2. The summed E-state index contributed by atoms with van der Waals surface area (Å²) in [4.78, 5) is 27.0. The molecule has 4 aromatic carbocycles. The van der Waals surface area contributed by atoms with Gasteiger partial charge in [0, 0.05) is 0 Å². The molecule has 0 spiro atoms. The van der Waals surface area contributed by atoms with Gasteiger partial charge in [-0.15, -0.1) is 11.8 Å². The molecule has 3 aliphatic heterocycles. The van der Waals surface area contributed by atoms with Gasteiger partial charge in [0.15, 0.2) is 18.0 Å². The zero-order valence-corrected chi connectivity index (χ0v) is 32.6. The number of benzene rings is 4. The zero-order chi connectivity index (χ0) is 38.9. The second kappa shape index (κ2) is 18.6. The van der Waals surface area contributed by atoms with Crippen LogP contribution in [0, 0.1) is 5.41 Å². The summed E-state index contributed by atoms with van der Waals surface area (Å²) >= 11 is 1.28. The maximum atomic E-state index is 13.9. The number of rotatable bonds is 15. The van der Waals surface area contributed by atoms with Gasteiger partial charge in [0.1, 0.15) is 35.1 Å². The van der Waals surface area contributed by atoms with Crippen molar-refractivity contribution in [3.05, 3.63) is 154 Å². The summed E-state index contributed by atoms with van der Waals surface area (Å²) in [6.45, 7) is 6.43. The fourth-order valence-electron chi connectivity index (χ4n) is 6.60. The van der Waals surface area contributed by atoms with Crippen LogP contribution in [0.15, 0.2) is 132 Å². The second-order valence-electron chi connectivity index (χ2n) is 15.0. The van der Waals surface area contributed by atoms with E-state index in [4.69, 9.17) is 37.9 Å². The molecular weight excluding hydrogens is 733 g/mol. The molecule has 11 heteroatoms. The van der Waals surface area contributed by atoms with E-state index in [1.165, 1.54) is 11.8 Å². The number of hydrogen-bond acceptors (Lipinski definition) is 11. The molecule has 294 valence electrons. The molecule has 0 radical (unpaired) electrons. The maximum Gasteiger partial charge on any atom is 0.348 e. The molecule has 3 aliphatic rings. The fourth-order valence-corrected chi connectivity index (χ4v) is 7.90. The Morgan fingerprint density at radius 1 is 0.625 bits per heavy atom. The van der Waals surface area contributed by atoms with E-state index in [0.717, 1.165) is 22.3 Å². The van der Waals surface area contributed by atoms with E-state index in [0.29, 0.717) is 19.8 Å². The van der Waals surface area contributed by atoms with Crippen LogP contribution in [-0.2, 0) is 73.9 Å². The lowest BCUT2D eigenvalue weighted by molar-refractivity contribution is -0.272. The summed E-state index contributed by atoms with van der Waals surface area (Å²) in [5.74, 6) is -0.755. The van der Waals surface area contributed by atoms with Gasteiger partial charge < -0.3 is 37.9 Å². The molecule has 0 bridgehead atoms. The molecule has 7 rings (SSSR count). The Bertz CT molecular complexity index is 1900. The molecule has 1 fully saturated rings. The molecule has 10 nitrogen and oxygen atoms in total. The van der Waals surface area contributed by atoms with Crippen LogP contribution in [0.3, 0.4) is 0 Å². The first-order valence-electron chi connectivity index (χ1n) is 18.9. The third-order valence-electron chi connectivity index (χ3n) is 9.58. The smallest absolute Gasteiger partial charge is 0.348 e. The minimum Gasteiger partial charge on any atom is -0.464 e. The molecule has 0 aliphatic carbocycles. The number of ether oxygens (including phenoxy) is 8. The molecule has 4 aromatic rings. The van der Waals surface area contributed by atoms with E-state index in [1.807, 2.05) is 121 Å². The van der Waals surface area contributed by atoms with Gasteiger partial charge in [-0.2, -0.15) is 0 Å². The van der Waals surface area contributed by atoms with Gasteiger partial charge in [-0.25, -0.2) is 4.79 Å². The van der Waals surface area contributed by atoms with Crippen molar-refractivity contribution in [1.29, 1.82) is 0 Å². The Labute approximate surface area is 332 Å². The Kier molecular flexibility index (Phi) is 13.2. The van der Waals surface area contributed by atoms with E-state index < -0.39 is 59.4 Å². The zero-order valence-electron chi connectivity index (χ0n) is 31.8. The van der Waals surface area contributed by atoms with Gasteiger partial charge in [0.25, 0.3) is 0 Å². The van der Waals surface area contributed by atoms with Crippen LogP contribution in [0.25, 0.3) is 0 Å². The highest BCUT2D eigenvalue weighted by Gasteiger charge is 2.55. The third-order valence-corrected chi connectivity index (χ3v) is 10.9. The lowest BCUT2D eigenvalue weighted by Gasteiger charge is -2.49. The number of hydrogen-bond donors (Lipinski definition) is 0. The monoisotopic (exact) mass is 780 g/mol. The lowest BCUT2D eigenvalue weighted by atomic mass is 9.97. The summed E-state index contributed by atoms with van der Waals surface area (Å²) in [5.41, 5.74) is 3.16. The summed E-state index contributed by atoms with van der Waals surface area (Å²) in [5, 5.41) is -0.541. The van der Waals surface area contributed by atoms with Crippen LogP contribution in [-0.4, -0.2) is 67.2 Å². The van der Waals surface area contributed by atoms with E-state index in [2.05, 4.69) is 0 Å². The highest BCUT2D eigenvalue weighted by Crippen LogP contribution is 2.47. The van der Waals surface area contributed by atoms with Gasteiger partial charge in [0.2, 0.25) is 6.29 Å². The Morgan fingerprint density at radius 3 is 1.66 bits per heavy atom. The molecule has 0 unspecified atom stereocenters. The van der Waals surface area contributed by atoms with Crippen LogP contribution in [0.2, 0.25) is 0 Å². The molecular formula is C45H48O10S. The average molecular weight is 781 g/mol. The predicted octanol–water partition coefficient (Wildman–Crippen LogP) is 7.54. The van der Waals surface area contributed by atoms with Crippen LogP contribution in [0.5, 0.6) is 0 Å².